The number of hydrogen-bond acceptors (Lipinski definition) is 18. The van der Waals surface area contributed by atoms with Gasteiger partial charge in [0.05, 0.1) is 38.6 Å². The van der Waals surface area contributed by atoms with E-state index < -0.39 is 124 Å². The monoisotopic (exact) mass is 1230 g/mol. The topological polar surface area (TPSA) is 307 Å². The Kier molecular flexibility index (Phi) is 45.6. The van der Waals surface area contributed by atoms with Crippen molar-refractivity contribution in [2.45, 2.75) is 369 Å². The molecule has 0 saturated carbocycles. The molecule has 86 heavy (non-hydrogen) atoms. The maximum atomic E-state index is 13.3. The minimum absolute atomic E-state index is 0.247. The Morgan fingerprint density at radius 3 is 1.13 bits per heavy atom. The molecule has 3 fully saturated rings. The first-order chi connectivity index (χ1) is 41.8. The number of unbranched alkanes of at least 4 members (excludes halogenated alkanes) is 35. The van der Waals surface area contributed by atoms with Crippen LogP contribution in [0.3, 0.4) is 0 Å². The zero-order valence-corrected chi connectivity index (χ0v) is 53.3. The van der Waals surface area contributed by atoms with Crippen molar-refractivity contribution >= 4 is 5.91 Å². The van der Waals surface area contributed by atoms with E-state index in [-0.39, 0.29) is 18.9 Å². The Bertz CT molecular complexity index is 1660. The van der Waals surface area contributed by atoms with Gasteiger partial charge in [0.25, 0.3) is 0 Å². The minimum atomic E-state index is -1.98. The van der Waals surface area contributed by atoms with E-state index >= 15 is 0 Å². The third kappa shape index (κ3) is 32.0. The van der Waals surface area contributed by atoms with Crippen LogP contribution in [0.5, 0.6) is 0 Å². The Morgan fingerprint density at radius 1 is 0.407 bits per heavy atom. The van der Waals surface area contributed by atoms with Crippen molar-refractivity contribution < 1.29 is 89.4 Å². The lowest BCUT2D eigenvalue weighted by Gasteiger charge is -2.48. The van der Waals surface area contributed by atoms with Crippen LogP contribution in [0.1, 0.15) is 264 Å². The zero-order valence-electron chi connectivity index (χ0n) is 53.3. The normalized spacial score (nSPS) is 28.9. The van der Waals surface area contributed by atoms with Gasteiger partial charge in [-0.25, -0.2) is 0 Å². The van der Waals surface area contributed by atoms with Gasteiger partial charge in [0, 0.05) is 6.42 Å². The summed E-state index contributed by atoms with van der Waals surface area (Å²) in [6.07, 6.45) is 29.4. The smallest absolute Gasteiger partial charge is 0.220 e. The van der Waals surface area contributed by atoms with Crippen molar-refractivity contribution in [2.24, 2.45) is 0 Å². The molecule has 3 heterocycles. The second kappa shape index (κ2) is 49.9. The second-order valence-corrected chi connectivity index (χ2v) is 25.0. The van der Waals surface area contributed by atoms with Crippen LogP contribution >= 0.6 is 0 Å². The number of amides is 1. The van der Waals surface area contributed by atoms with Gasteiger partial charge in [0.2, 0.25) is 5.91 Å². The summed E-state index contributed by atoms with van der Waals surface area (Å²) in [6, 6.07) is -0.967. The highest BCUT2D eigenvalue weighted by molar-refractivity contribution is 5.76. The van der Waals surface area contributed by atoms with E-state index in [0.717, 1.165) is 51.4 Å². The predicted octanol–water partition coefficient (Wildman–Crippen LogP) is 8.66. The van der Waals surface area contributed by atoms with Crippen LogP contribution in [-0.4, -0.2) is 193 Å². The second-order valence-electron chi connectivity index (χ2n) is 25.0. The first kappa shape index (κ1) is 78.5. The van der Waals surface area contributed by atoms with Gasteiger partial charge in [-0.2, -0.15) is 0 Å². The average Bonchev–Trinajstić information content (AvgIpc) is 1.41. The molecule has 0 aromatic heterocycles. The Morgan fingerprint density at radius 2 is 0.733 bits per heavy atom. The van der Waals surface area contributed by atoms with Gasteiger partial charge in [-0.3, -0.25) is 4.79 Å². The van der Waals surface area contributed by atoms with Gasteiger partial charge in [-0.1, -0.05) is 237 Å². The van der Waals surface area contributed by atoms with E-state index in [1.54, 1.807) is 6.08 Å². The number of allylic oxidation sites excluding steroid dienone is 3. The standard InChI is InChI=1S/C67H125NO18/c1-3-5-7-9-11-13-14-15-16-17-18-19-20-21-22-23-24-25-26-27-28-29-30-31-32-33-34-35-36-37-39-41-43-45-55(73)68-50(51(72)44-42-40-38-12-10-8-6-4-2)49-81-65-61(79)58(76)63(53(47-70)83-65)86-67-62(80)59(77)64(54(48-71)84-67)85-66-60(78)57(75)56(74)52(46-69)82-66/h17-18,42,44,50-54,56-67,69-72,74-80H,3-16,19-41,43,45-49H2,1-2H3,(H,68,73)/b18-17-,44-42+. The Hall–Kier alpha value is -1.73. The van der Waals surface area contributed by atoms with Crippen molar-refractivity contribution in [3.05, 3.63) is 24.3 Å². The third-order valence-corrected chi connectivity index (χ3v) is 17.5. The number of aliphatic hydroxyl groups excluding tert-OH is 11. The highest BCUT2D eigenvalue weighted by atomic mass is 16.8. The van der Waals surface area contributed by atoms with Gasteiger partial charge >= 0.3 is 0 Å². The van der Waals surface area contributed by atoms with Crippen LogP contribution in [0.25, 0.3) is 0 Å². The number of carbonyl (C=O) groups is 1. The highest BCUT2D eigenvalue weighted by Gasteiger charge is 2.53. The van der Waals surface area contributed by atoms with Crippen LogP contribution in [0.15, 0.2) is 24.3 Å². The fourth-order valence-electron chi connectivity index (χ4n) is 11.8. The number of nitrogens with one attached hydrogen (secondary N) is 1. The van der Waals surface area contributed by atoms with E-state index in [0.29, 0.717) is 6.42 Å². The van der Waals surface area contributed by atoms with Crippen LogP contribution < -0.4 is 5.32 Å². The summed E-state index contributed by atoms with van der Waals surface area (Å²) in [5.74, 6) is -0.275. The van der Waals surface area contributed by atoms with E-state index in [1.807, 2.05) is 6.08 Å². The van der Waals surface area contributed by atoms with E-state index in [2.05, 4.69) is 31.3 Å². The molecule has 3 aliphatic rings. The fraction of sp³-hybridized carbons (Fsp3) is 0.925. The molecule has 1 amide bonds. The number of rotatable bonds is 53. The van der Waals surface area contributed by atoms with Crippen LogP contribution in [-0.2, 0) is 33.2 Å². The van der Waals surface area contributed by atoms with Crippen molar-refractivity contribution in [1.29, 1.82) is 0 Å². The molecule has 0 aliphatic carbocycles. The lowest BCUT2D eigenvalue weighted by Crippen LogP contribution is -2.66. The fourth-order valence-corrected chi connectivity index (χ4v) is 11.8. The molecule has 12 N–H and O–H groups in total. The molecule has 0 bridgehead atoms. The predicted molar refractivity (Wildman–Crippen MR) is 333 cm³/mol. The summed E-state index contributed by atoms with van der Waals surface area (Å²) in [4.78, 5) is 13.3. The molecule has 0 radical (unpaired) electrons. The number of aliphatic hydroxyl groups is 11. The Balaban J connectivity index is 1.30. The van der Waals surface area contributed by atoms with Crippen molar-refractivity contribution in [1.82, 2.24) is 5.32 Å². The summed E-state index contributed by atoms with van der Waals surface area (Å²) in [7, 11) is 0. The first-order valence-corrected chi connectivity index (χ1v) is 34.6. The molecule has 19 heteroatoms. The van der Waals surface area contributed by atoms with Gasteiger partial charge < -0.3 is 89.9 Å². The largest absolute Gasteiger partial charge is 0.394 e. The number of ether oxygens (including phenoxy) is 6. The van der Waals surface area contributed by atoms with Crippen molar-refractivity contribution in [2.75, 3.05) is 26.4 Å². The summed E-state index contributed by atoms with van der Waals surface area (Å²) in [5, 5.41) is 120. The molecule has 17 unspecified atom stereocenters. The molecular formula is C67H125NO18. The molecular weight excluding hydrogens is 1110 g/mol. The number of hydrogen-bond donors (Lipinski definition) is 12. The molecule has 3 aliphatic heterocycles. The van der Waals surface area contributed by atoms with Crippen molar-refractivity contribution in [3.8, 4) is 0 Å². The molecule has 19 nitrogen and oxygen atoms in total. The van der Waals surface area contributed by atoms with Gasteiger partial charge in [-0.05, 0) is 44.9 Å². The molecule has 506 valence electrons. The van der Waals surface area contributed by atoms with E-state index in [4.69, 9.17) is 28.4 Å². The summed E-state index contributed by atoms with van der Waals surface area (Å²) < 4.78 is 34.2. The average molecular weight is 1230 g/mol. The zero-order chi connectivity index (χ0) is 62.6. The lowest BCUT2D eigenvalue weighted by atomic mass is 9.96. The van der Waals surface area contributed by atoms with E-state index in [1.165, 1.54) is 186 Å². The third-order valence-electron chi connectivity index (χ3n) is 17.5. The van der Waals surface area contributed by atoms with Gasteiger partial charge in [0.15, 0.2) is 18.9 Å². The summed E-state index contributed by atoms with van der Waals surface area (Å²) in [5.41, 5.74) is 0. The minimum Gasteiger partial charge on any atom is -0.394 e. The van der Waals surface area contributed by atoms with Crippen LogP contribution in [0.2, 0.25) is 0 Å². The molecule has 17 atom stereocenters. The van der Waals surface area contributed by atoms with Crippen LogP contribution in [0, 0.1) is 0 Å². The van der Waals surface area contributed by atoms with Gasteiger partial charge in [0.1, 0.15) is 73.2 Å². The SMILES string of the molecule is CCCCCCCC/C=C/C(O)C(COC1OC(CO)C(OC2OC(CO)C(OC3OC(CO)C(O)C(O)C3O)C(O)C2O)C(O)C1O)NC(=O)CCCCCCCCCCCCCCCCCCCCCCC/C=C\CCCCCCCCCC. The maximum Gasteiger partial charge on any atom is 0.220 e. The van der Waals surface area contributed by atoms with Crippen LogP contribution in [0.4, 0.5) is 0 Å². The molecule has 3 saturated heterocycles. The van der Waals surface area contributed by atoms with Gasteiger partial charge in [-0.15, -0.1) is 0 Å². The van der Waals surface area contributed by atoms with E-state index in [9.17, 15) is 61.0 Å². The Labute approximate surface area is 518 Å². The maximum absolute atomic E-state index is 13.3. The molecule has 3 rings (SSSR count). The highest BCUT2D eigenvalue weighted by Crippen LogP contribution is 2.33. The molecule has 0 aromatic carbocycles. The molecule has 0 aromatic rings. The number of carbonyl (C=O) groups excluding carboxylic acids is 1. The quantitative estimate of drug-likeness (QED) is 0.0200. The van der Waals surface area contributed by atoms with Crippen molar-refractivity contribution in [3.63, 3.8) is 0 Å². The molecule has 0 spiro atoms. The summed E-state index contributed by atoms with van der Waals surface area (Å²) >= 11 is 0. The first-order valence-electron chi connectivity index (χ1n) is 34.6. The summed E-state index contributed by atoms with van der Waals surface area (Å²) in [6.45, 7) is 1.69. The lowest BCUT2D eigenvalue weighted by molar-refractivity contribution is -0.379.